The van der Waals surface area contributed by atoms with Crippen molar-refractivity contribution in [1.29, 1.82) is 0 Å². The van der Waals surface area contributed by atoms with Crippen LogP contribution in [0, 0.1) is 18.8 Å². The number of aromatic nitrogens is 2. The summed E-state index contributed by atoms with van der Waals surface area (Å²) in [4.78, 5) is 19.7. The van der Waals surface area contributed by atoms with Crippen molar-refractivity contribution in [2.45, 2.75) is 25.2 Å². The van der Waals surface area contributed by atoms with Gasteiger partial charge in [-0.25, -0.2) is 9.97 Å². The lowest BCUT2D eigenvalue weighted by Crippen LogP contribution is -2.45. The van der Waals surface area contributed by atoms with Gasteiger partial charge in [-0.2, -0.15) is 0 Å². The van der Waals surface area contributed by atoms with Crippen LogP contribution in [0.1, 0.15) is 17.0 Å². The van der Waals surface area contributed by atoms with Gasteiger partial charge < -0.3 is 19.6 Å². The molecule has 0 amide bonds. The van der Waals surface area contributed by atoms with Gasteiger partial charge in [0.05, 0.1) is 11.4 Å². The van der Waals surface area contributed by atoms with Crippen LogP contribution in [0.5, 0.6) is 0 Å². The second kappa shape index (κ2) is 8.33. The molecule has 0 spiro atoms. The molecule has 1 aromatic heterocycles. The highest BCUT2D eigenvalue weighted by Gasteiger charge is 2.68. The molecule has 5 atom stereocenters. The van der Waals surface area contributed by atoms with Crippen molar-refractivity contribution in [2.24, 2.45) is 11.8 Å². The lowest BCUT2D eigenvalue weighted by atomic mass is 9.99. The van der Waals surface area contributed by atoms with E-state index in [0.29, 0.717) is 17.8 Å². The van der Waals surface area contributed by atoms with E-state index in [0.717, 1.165) is 11.6 Å². The maximum atomic E-state index is 4.89. The van der Waals surface area contributed by atoms with E-state index in [1.165, 1.54) is 39.6 Å². The Labute approximate surface area is 240 Å². The van der Waals surface area contributed by atoms with Crippen LogP contribution in [0.2, 0.25) is 0 Å². The number of rotatable bonds is 3. The summed E-state index contributed by atoms with van der Waals surface area (Å²) >= 11 is 0. The molecule has 1 fully saturated rings. The monoisotopic (exact) mass is 534 g/mol. The van der Waals surface area contributed by atoms with Crippen molar-refractivity contribution < 1.29 is 0 Å². The first-order valence-electron chi connectivity index (χ1n) is 14.4. The minimum atomic E-state index is 0.0952. The van der Waals surface area contributed by atoms with E-state index < -0.39 is 0 Å². The third kappa shape index (κ3) is 3.02. The molecule has 0 N–H and O–H groups in total. The maximum absolute atomic E-state index is 4.89. The van der Waals surface area contributed by atoms with Gasteiger partial charge in [-0.15, -0.1) is 0 Å². The third-order valence-electron chi connectivity index (χ3n) is 9.60. The van der Waals surface area contributed by atoms with Crippen LogP contribution >= 0.6 is 0 Å². The molecule has 9 rings (SSSR count). The zero-order chi connectivity index (χ0) is 27.2. The number of para-hydroxylation sites is 5. The smallest absolute Gasteiger partial charge is 0.178 e. The first kappa shape index (κ1) is 22.9. The van der Waals surface area contributed by atoms with E-state index in [4.69, 9.17) is 9.97 Å². The number of hydrogen-bond acceptors (Lipinski definition) is 6. The van der Waals surface area contributed by atoms with Gasteiger partial charge in [0, 0.05) is 48.3 Å². The Bertz CT molecular complexity index is 1800. The summed E-state index contributed by atoms with van der Waals surface area (Å²) in [7, 11) is 2.20. The Hall–Kier alpha value is -4.84. The summed E-state index contributed by atoms with van der Waals surface area (Å²) in [6.45, 7) is 2.20. The van der Waals surface area contributed by atoms with Crippen molar-refractivity contribution >= 4 is 40.1 Å². The molecule has 3 aliphatic heterocycles. The van der Waals surface area contributed by atoms with Gasteiger partial charge in [-0.05, 0) is 60.4 Å². The largest absolute Gasteiger partial charge is 0.335 e. The fraction of sp³-hybridized carbons (Fsp3) is 0.200. The van der Waals surface area contributed by atoms with Crippen molar-refractivity contribution in [3.8, 4) is 0 Å². The number of nitrogens with zero attached hydrogens (tertiary/aromatic N) is 6. The van der Waals surface area contributed by atoms with Crippen molar-refractivity contribution in [3.05, 3.63) is 127 Å². The van der Waals surface area contributed by atoms with Crippen molar-refractivity contribution in [2.75, 3.05) is 26.6 Å². The van der Waals surface area contributed by atoms with E-state index >= 15 is 0 Å². The molecule has 4 heterocycles. The first-order chi connectivity index (χ1) is 20.2. The van der Waals surface area contributed by atoms with Crippen LogP contribution in [0.3, 0.4) is 0 Å². The van der Waals surface area contributed by atoms with E-state index in [2.05, 4.69) is 137 Å². The first-order valence-corrected chi connectivity index (χ1v) is 14.4. The van der Waals surface area contributed by atoms with E-state index in [1.807, 2.05) is 12.4 Å². The predicted molar refractivity (Wildman–Crippen MR) is 165 cm³/mol. The molecule has 0 radical (unpaired) electrons. The molecule has 5 unspecified atom stereocenters. The minimum Gasteiger partial charge on any atom is -0.335 e. The highest BCUT2D eigenvalue weighted by Crippen LogP contribution is 2.70. The summed E-state index contributed by atoms with van der Waals surface area (Å²) in [5.74, 6) is 3.08. The van der Waals surface area contributed by atoms with Gasteiger partial charge >= 0.3 is 0 Å². The van der Waals surface area contributed by atoms with E-state index in [9.17, 15) is 0 Å². The van der Waals surface area contributed by atoms with Crippen LogP contribution in [-0.4, -0.2) is 29.3 Å². The summed E-state index contributed by atoms with van der Waals surface area (Å²) in [5.41, 5.74) is 8.99. The Balaban J connectivity index is 1.24. The van der Waals surface area contributed by atoms with Crippen molar-refractivity contribution in [3.63, 3.8) is 0 Å². The zero-order valence-electron chi connectivity index (χ0n) is 23.0. The summed E-state index contributed by atoms with van der Waals surface area (Å²) in [6.07, 6.45) is 3.91. The average molecular weight is 535 g/mol. The molecule has 4 aliphatic rings. The van der Waals surface area contributed by atoms with Crippen LogP contribution in [0.15, 0.2) is 116 Å². The zero-order valence-corrected chi connectivity index (χ0v) is 23.0. The molecule has 6 heteroatoms. The maximum Gasteiger partial charge on any atom is 0.178 e. The Morgan fingerprint density at radius 1 is 0.537 bits per heavy atom. The van der Waals surface area contributed by atoms with Gasteiger partial charge in [0.2, 0.25) is 0 Å². The van der Waals surface area contributed by atoms with Gasteiger partial charge in [-0.3, -0.25) is 0 Å². The molecule has 200 valence electrons. The predicted octanol–water partition coefficient (Wildman–Crippen LogP) is 7.36. The highest BCUT2D eigenvalue weighted by molar-refractivity contribution is 5.91. The number of aryl methyl sites for hydroxylation is 1. The van der Waals surface area contributed by atoms with Crippen molar-refractivity contribution in [1.82, 2.24) is 9.97 Å². The molecule has 5 aromatic rings. The van der Waals surface area contributed by atoms with Crippen LogP contribution < -0.4 is 19.6 Å². The summed E-state index contributed by atoms with van der Waals surface area (Å²) in [6, 6.07) is 37.5. The Morgan fingerprint density at radius 2 is 1.12 bits per heavy atom. The van der Waals surface area contributed by atoms with E-state index in [1.54, 1.807) is 0 Å². The Morgan fingerprint density at radius 3 is 1.88 bits per heavy atom. The van der Waals surface area contributed by atoms with E-state index in [-0.39, 0.29) is 12.3 Å². The molecule has 4 aromatic carbocycles. The second-order valence-electron chi connectivity index (χ2n) is 11.6. The summed E-state index contributed by atoms with van der Waals surface area (Å²) < 4.78 is 0. The van der Waals surface area contributed by atoms with Gasteiger partial charge in [0.15, 0.2) is 11.6 Å². The normalized spacial score (nSPS) is 24.9. The van der Waals surface area contributed by atoms with Crippen LogP contribution in [-0.2, 0) is 0 Å². The number of hydrogen-bond donors (Lipinski definition) is 0. The average Bonchev–Trinajstić information content (AvgIpc) is 3.55. The number of benzene rings is 4. The molecule has 0 bridgehead atoms. The van der Waals surface area contributed by atoms with Crippen LogP contribution in [0.4, 0.5) is 40.1 Å². The van der Waals surface area contributed by atoms with Gasteiger partial charge in [0.25, 0.3) is 0 Å². The topological polar surface area (TPSA) is 38.7 Å². The minimum absolute atomic E-state index is 0.0952. The lowest BCUT2D eigenvalue weighted by Gasteiger charge is -2.38. The fourth-order valence-electron chi connectivity index (χ4n) is 7.99. The highest BCUT2D eigenvalue weighted by atomic mass is 15.5. The quantitative estimate of drug-likeness (QED) is 0.241. The third-order valence-corrected chi connectivity index (χ3v) is 9.60. The SMILES string of the molecule is Cc1ccccc1N1c2nccnc2N(C)C1C1C2c3ccccc3N3c4ccccc4N(c4ccccc4)C3C21. The molecule has 0 saturated heterocycles. The summed E-state index contributed by atoms with van der Waals surface area (Å²) in [5, 5.41) is 0. The molecule has 1 aliphatic carbocycles. The molecule has 41 heavy (non-hydrogen) atoms. The van der Waals surface area contributed by atoms with Gasteiger partial charge in [0.1, 0.15) is 12.3 Å². The molecule has 1 saturated carbocycles. The molecular formula is C35H30N6. The van der Waals surface area contributed by atoms with Gasteiger partial charge in [-0.1, -0.05) is 66.7 Å². The second-order valence-corrected chi connectivity index (χ2v) is 11.6. The molecular weight excluding hydrogens is 504 g/mol. The lowest BCUT2D eigenvalue weighted by molar-refractivity contribution is 0.498. The number of fused-ring (bicyclic) bond motifs is 9. The number of anilines is 7. The van der Waals surface area contributed by atoms with Crippen LogP contribution in [0.25, 0.3) is 0 Å². The Kier molecular flexibility index (Phi) is 4.66. The standard InChI is InChI=1S/C35H30N6/c1-22-12-6-8-16-25(22)41-33-32(36-20-21-37-33)38(2)34(41)30-29-24-15-7-9-17-26(24)40-28-19-11-10-18-27(28)39(35(40)31(29)30)23-13-4-3-5-14-23/h3-21,29-31,34-35H,1-2H3. The fourth-order valence-corrected chi connectivity index (χ4v) is 7.99. The molecule has 6 nitrogen and oxygen atoms in total.